The highest BCUT2D eigenvalue weighted by Gasteiger charge is 2.04. The molecule has 2 heterocycles. The van der Waals surface area contributed by atoms with Crippen molar-refractivity contribution >= 4 is 28.6 Å². The summed E-state index contributed by atoms with van der Waals surface area (Å²) in [5.74, 6) is 0.861. The predicted molar refractivity (Wildman–Crippen MR) is 92.4 cm³/mol. The van der Waals surface area contributed by atoms with Crippen LogP contribution in [0.5, 0.6) is 0 Å². The Kier molecular flexibility index (Phi) is 6.20. The Morgan fingerprint density at radius 1 is 1.33 bits per heavy atom. The van der Waals surface area contributed by atoms with Crippen LogP contribution in [0.15, 0.2) is 22.5 Å². The number of aryl methyl sites for hydroxylation is 2. The first-order valence-corrected chi connectivity index (χ1v) is 8.86. The molecule has 4 nitrogen and oxygen atoms in total. The van der Waals surface area contributed by atoms with Gasteiger partial charge in [0.2, 0.25) is 0 Å². The molecule has 0 amide bonds. The highest BCUT2D eigenvalue weighted by molar-refractivity contribution is 7.11. The van der Waals surface area contributed by atoms with Crippen LogP contribution < -0.4 is 10.6 Å². The topological polar surface area (TPSA) is 49.3 Å². The van der Waals surface area contributed by atoms with Crippen molar-refractivity contribution in [3.63, 3.8) is 0 Å². The minimum Gasteiger partial charge on any atom is -0.357 e. The zero-order valence-corrected chi connectivity index (χ0v) is 14.4. The summed E-state index contributed by atoms with van der Waals surface area (Å²) in [6, 6.07) is 4.25. The molecule has 114 valence electrons. The molecule has 2 aromatic heterocycles. The SMILES string of the molecule is CCNC(=NCc1nc(C)c(C)s1)NCCc1cccs1. The van der Waals surface area contributed by atoms with E-state index in [2.05, 4.69) is 52.0 Å². The van der Waals surface area contributed by atoms with Crippen molar-refractivity contribution in [2.24, 2.45) is 4.99 Å². The maximum absolute atomic E-state index is 4.60. The van der Waals surface area contributed by atoms with Crippen molar-refractivity contribution in [3.05, 3.63) is 38.0 Å². The summed E-state index contributed by atoms with van der Waals surface area (Å²) in [5, 5.41) is 9.83. The second kappa shape index (κ2) is 8.14. The van der Waals surface area contributed by atoms with E-state index in [0.29, 0.717) is 6.54 Å². The third kappa shape index (κ3) is 5.13. The summed E-state index contributed by atoms with van der Waals surface area (Å²) in [6.45, 7) is 8.61. The second-order valence-electron chi connectivity index (χ2n) is 4.70. The molecule has 2 rings (SSSR count). The highest BCUT2D eigenvalue weighted by Crippen LogP contribution is 2.16. The molecule has 0 aliphatic rings. The first kappa shape index (κ1) is 16.0. The molecule has 21 heavy (non-hydrogen) atoms. The molecule has 0 atom stereocenters. The van der Waals surface area contributed by atoms with Crippen LogP contribution in [0.1, 0.15) is 27.4 Å². The number of guanidine groups is 1. The molecule has 0 bridgehead atoms. The summed E-state index contributed by atoms with van der Waals surface area (Å²) in [7, 11) is 0. The van der Waals surface area contributed by atoms with Crippen LogP contribution in [-0.2, 0) is 13.0 Å². The number of rotatable bonds is 6. The lowest BCUT2D eigenvalue weighted by Gasteiger charge is -2.10. The van der Waals surface area contributed by atoms with Gasteiger partial charge in [0.05, 0.1) is 12.2 Å². The van der Waals surface area contributed by atoms with Crippen molar-refractivity contribution in [3.8, 4) is 0 Å². The van der Waals surface area contributed by atoms with Gasteiger partial charge in [-0.3, -0.25) is 0 Å². The molecular formula is C15H22N4S2. The molecule has 0 aliphatic heterocycles. The zero-order valence-electron chi connectivity index (χ0n) is 12.8. The number of hydrogen-bond donors (Lipinski definition) is 2. The number of hydrogen-bond acceptors (Lipinski definition) is 4. The molecule has 2 aromatic rings. The molecule has 0 fully saturated rings. The van der Waals surface area contributed by atoms with Gasteiger partial charge in [-0.25, -0.2) is 9.98 Å². The second-order valence-corrected chi connectivity index (χ2v) is 7.02. The van der Waals surface area contributed by atoms with Gasteiger partial charge in [-0.05, 0) is 38.6 Å². The predicted octanol–water partition coefficient (Wildman–Crippen LogP) is 3.12. The van der Waals surface area contributed by atoms with E-state index in [1.54, 1.807) is 22.7 Å². The lowest BCUT2D eigenvalue weighted by molar-refractivity contribution is 0.803. The maximum Gasteiger partial charge on any atom is 0.191 e. The van der Waals surface area contributed by atoms with Crippen molar-refractivity contribution < 1.29 is 0 Å². The molecule has 2 N–H and O–H groups in total. The average Bonchev–Trinajstić information content (AvgIpc) is 3.07. The van der Waals surface area contributed by atoms with Crippen LogP contribution in [0.4, 0.5) is 0 Å². The van der Waals surface area contributed by atoms with Crippen LogP contribution in [0, 0.1) is 13.8 Å². The molecule has 0 unspecified atom stereocenters. The fourth-order valence-electron chi connectivity index (χ4n) is 1.85. The van der Waals surface area contributed by atoms with Crippen LogP contribution in [0.25, 0.3) is 0 Å². The summed E-state index contributed by atoms with van der Waals surface area (Å²) in [4.78, 5) is 11.8. The summed E-state index contributed by atoms with van der Waals surface area (Å²) < 4.78 is 0. The lowest BCUT2D eigenvalue weighted by Crippen LogP contribution is -2.38. The van der Waals surface area contributed by atoms with Gasteiger partial charge in [-0.2, -0.15) is 0 Å². The fraction of sp³-hybridized carbons (Fsp3) is 0.467. The molecular weight excluding hydrogens is 300 g/mol. The number of nitrogens with zero attached hydrogens (tertiary/aromatic N) is 2. The maximum atomic E-state index is 4.60. The van der Waals surface area contributed by atoms with Crippen molar-refractivity contribution in [2.75, 3.05) is 13.1 Å². The van der Waals surface area contributed by atoms with Gasteiger partial charge in [-0.1, -0.05) is 6.07 Å². The van der Waals surface area contributed by atoms with Gasteiger partial charge >= 0.3 is 0 Å². The molecule has 0 radical (unpaired) electrons. The monoisotopic (exact) mass is 322 g/mol. The van der Waals surface area contributed by atoms with Crippen molar-refractivity contribution in [2.45, 2.75) is 33.7 Å². The number of nitrogens with one attached hydrogen (secondary N) is 2. The fourth-order valence-corrected chi connectivity index (χ4v) is 3.42. The molecule has 0 aromatic carbocycles. The van der Waals surface area contributed by atoms with Gasteiger partial charge in [-0.15, -0.1) is 22.7 Å². The van der Waals surface area contributed by atoms with Crippen LogP contribution in [0.3, 0.4) is 0 Å². The average molecular weight is 323 g/mol. The first-order chi connectivity index (χ1) is 10.2. The summed E-state index contributed by atoms with van der Waals surface area (Å²) in [6.07, 6.45) is 1.03. The number of thiazole rings is 1. The van der Waals surface area contributed by atoms with Crippen molar-refractivity contribution in [1.82, 2.24) is 15.6 Å². The van der Waals surface area contributed by atoms with E-state index in [4.69, 9.17) is 0 Å². The van der Waals surface area contributed by atoms with E-state index in [1.807, 2.05) is 6.92 Å². The molecule has 0 spiro atoms. The summed E-state index contributed by atoms with van der Waals surface area (Å²) in [5.41, 5.74) is 1.11. The van der Waals surface area contributed by atoms with Crippen molar-refractivity contribution in [1.29, 1.82) is 0 Å². The van der Waals surface area contributed by atoms with Gasteiger partial charge < -0.3 is 10.6 Å². The first-order valence-electron chi connectivity index (χ1n) is 7.16. The van der Waals surface area contributed by atoms with Gasteiger partial charge in [0.1, 0.15) is 5.01 Å². The van der Waals surface area contributed by atoms with E-state index in [1.165, 1.54) is 9.75 Å². The Morgan fingerprint density at radius 2 is 2.19 bits per heavy atom. The number of thiophene rings is 1. The Hall–Kier alpha value is -1.40. The smallest absolute Gasteiger partial charge is 0.191 e. The van der Waals surface area contributed by atoms with E-state index < -0.39 is 0 Å². The zero-order chi connectivity index (χ0) is 15.1. The minimum absolute atomic E-state index is 0.633. The van der Waals surface area contributed by atoms with E-state index in [-0.39, 0.29) is 0 Å². The Balaban J connectivity index is 1.86. The normalized spacial score (nSPS) is 11.7. The number of aliphatic imine (C=N–C) groups is 1. The lowest BCUT2D eigenvalue weighted by atomic mass is 10.3. The van der Waals surface area contributed by atoms with Crippen LogP contribution in [-0.4, -0.2) is 24.0 Å². The molecule has 0 aliphatic carbocycles. The van der Waals surface area contributed by atoms with E-state index in [0.717, 1.165) is 36.2 Å². The third-order valence-corrected chi connectivity index (χ3v) is 5.03. The number of aromatic nitrogens is 1. The van der Waals surface area contributed by atoms with Crippen LogP contribution in [0.2, 0.25) is 0 Å². The Labute approximate surface area is 134 Å². The van der Waals surface area contributed by atoms with Gasteiger partial charge in [0, 0.05) is 22.8 Å². The summed E-state index contributed by atoms with van der Waals surface area (Å²) >= 11 is 3.52. The quantitative estimate of drug-likeness (QED) is 0.634. The minimum atomic E-state index is 0.633. The molecule has 0 saturated carbocycles. The molecule has 0 saturated heterocycles. The van der Waals surface area contributed by atoms with Crippen LogP contribution >= 0.6 is 22.7 Å². The molecule has 6 heteroatoms. The van der Waals surface area contributed by atoms with E-state index >= 15 is 0 Å². The Bertz CT molecular complexity index is 553. The van der Waals surface area contributed by atoms with E-state index in [9.17, 15) is 0 Å². The van der Waals surface area contributed by atoms with Gasteiger partial charge in [0.25, 0.3) is 0 Å². The standard InChI is InChI=1S/C15H22N4S2/c1-4-16-15(17-8-7-13-6-5-9-20-13)18-10-14-19-11(2)12(3)21-14/h5-6,9H,4,7-8,10H2,1-3H3,(H2,16,17,18). The highest BCUT2D eigenvalue weighted by atomic mass is 32.1. The largest absolute Gasteiger partial charge is 0.357 e. The van der Waals surface area contributed by atoms with Gasteiger partial charge in [0.15, 0.2) is 5.96 Å². The third-order valence-electron chi connectivity index (χ3n) is 3.03. The Morgan fingerprint density at radius 3 is 2.81 bits per heavy atom.